The van der Waals surface area contributed by atoms with Crippen LogP contribution in [0.2, 0.25) is 0 Å². The summed E-state index contributed by atoms with van der Waals surface area (Å²) in [6.45, 7) is 0.683. The molecule has 1 aliphatic rings. The molecule has 1 aromatic rings. The van der Waals surface area contributed by atoms with Crippen molar-refractivity contribution in [1.29, 1.82) is 0 Å². The first kappa shape index (κ1) is 11.7. The molecule has 0 radical (unpaired) electrons. The Hall–Kier alpha value is -0.820. The summed E-state index contributed by atoms with van der Waals surface area (Å²) in [5.74, 6) is 0.898. The third-order valence-corrected chi connectivity index (χ3v) is 3.82. The maximum Gasteiger partial charge on any atom is 0.0180 e. The molecule has 0 atom stereocenters. The molecule has 0 aromatic heterocycles. The van der Waals surface area contributed by atoms with E-state index >= 15 is 0 Å². The Kier molecular flexibility index (Phi) is 4.41. The van der Waals surface area contributed by atoms with Gasteiger partial charge in [-0.15, -0.1) is 0 Å². The summed E-state index contributed by atoms with van der Waals surface area (Å²) in [5, 5.41) is 0. The lowest BCUT2D eigenvalue weighted by molar-refractivity contribution is 0.456. The van der Waals surface area contributed by atoms with E-state index in [1.165, 1.54) is 56.1 Å². The largest absolute Gasteiger partial charge is 0.326 e. The van der Waals surface area contributed by atoms with Crippen molar-refractivity contribution in [3.8, 4) is 0 Å². The molecule has 0 amide bonds. The summed E-state index contributed by atoms with van der Waals surface area (Å²) >= 11 is 0. The summed E-state index contributed by atoms with van der Waals surface area (Å²) in [6, 6.07) is 8.67. The van der Waals surface area contributed by atoms with E-state index in [0.29, 0.717) is 6.54 Å². The van der Waals surface area contributed by atoms with Gasteiger partial charge in [0, 0.05) is 6.54 Å². The SMILES string of the molecule is NCc1ccccc1CC1CCCCCC1. The highest BCUT2D eigenvalue weighted by Crippen LogP contribution is 2.26. The number of benzene rings is 1. The van der Waals surface area contributed by atoms with E-state index in [1.807, 2.05) is 0 Å². The van der Waals surface area contributed by atoms with E-state index in [9.17, 15) is 0 Å². The zero-order chi connectivity index (χ0) is 11.2. The van der Waals surface area contributed by atoms with Crippen molar-refractivity contribution in [2.75, 3.05) is 0 Å². The quantitative estimate of drug-likeness (QED) is 0.768. The van der Waals surface area contributed by atoms with Crippen LogP contribution in [0, 0.1) is 5.92 Å². The van der Waals surface area contributed by atoms with Crippen LogP contribution < -0.4 is 5.73 Å². The highest BCUT2D eigenvalue weighted by molar-refractivity contribution is 5.27. The van der Waals surface area contributed by atoms with Crippen molar-refractivity contribution < 1.29 is 0 Å². The molecule has 2 N–H and O–H groups in total. The molecule has 1 aromatic carbocycles. The van der Waals surface area contributed by atoms with Crippen molar-refractivity contribution >= 4 is 0 Å². The Morgan fingerprint density at radius 3 is 2.19 bits per heavy atom. The molecular formula is C15H23N. The van der Waals surface area contributed by atoms with Crippen LogP contribution in [0.1, 0.15) is 49.7 Å². The predicted molar refractivity (Wildman–Crippen MR) is 69.2 cm³/mol. The molecule has 0 heterocycles. The Morgan fingerprint density at radius 1 is 0.938 bits per heavy atom. The first-order chi connectivity index (χ1) is 7.90. The Balaban J connectivity index is 2.01. The molecule has 2 rings (SSSR count). The van der Waals surface area contributed by atoms with Gasteiger partial charge < -0.3 is 5.73 Å². The van der Waals surface area contributed by atoms with Crippen LogP contribution >= 0.6 is 0 Å². The van der Waals surface area contributed by atoms with Gasteiger partial charge in [-0.2, -0.15) is 0 Å². The number of rotatable bonds is 3. The summed E-state index contributed by atoms with van der Waals surface area (Å²) in [5.41, 5.74) is 8.61. The van der Waals surface area contributed by atoms with Gasteiger partial charge in [0.25, 0.3) is 0 Å². The molecule has 0 spiro atoms. The molecule has 0 aliphatic heterocycles. The van der Waals surface area contributed by atoms with Crippen molar-refractivity contribution in [3.05, 3.63) is 35.4 Å². The molecule has 16 heavy (non-hydrogen) atoms. The van der Waals surface area contributed by atoms with Crippen LogP contribution in [0.25, 0.3) is 0 Å². The van der Waals surface area contributed by atoms with Gasteiger partial charge >= 0.3 is 0 Å². The highest BCUT2D eigenvalue weighted by atomic mass is 14.5. The summed E-state index contributed by atoms with van der Waals surface area (Å²) in [4.78, 5) is 0. The molecule has 1 saturated carbocycles. The van der Waals surface area contributed by atoms with Crippen LogP contribution in [-0.4, -0.2) is 0 Å². The van der Waals surface area contributed by atoms with Gasteiger partial charge in [-0.05, 0) is 23.5 Å². The van der Waals surface area contributed by atoms with Crippen LogP contribution in [0.5, 0.6) is 0 Å². The van der Waals surface area contributed by atoms with Crippen LogP contribution in [0.4, 0.5) is 0 Å². The second-order valence-corrected chi connectivity index (χ2v) is 5.03. The lowest BCUT2D eigenvalue weighted by atomic mass is 9.90. The lowest BCUT2D eigenvalue weighted by Crippen LogP contribution is -2.07. The van der Waals surface area contributed by atoms with E-state index in [1.54, 1.807) is 0 Å². The smallest absolute Gasteiger partial charge is 0.0180 e. The molecule has 1 aliphatic carbocycles. The van der Waals surface area contributed by atoms with Crippen molar-refractivity contribution in [3.63, 3.8) is 0 Å². The minimum Gasteiger partial charge on any atom is -0.326 e. The highest BCUT2D eigenvalue weighted by Gasteiger charge is 2.13. The van der Waals surface area contributed by atoms with Crippen molar-refractivity contribution in [1.82, 2.24) is 0 Å². The molecule has 1 fully saturated rings. The Labute approximate surface area is 99.0 Å². The van der Waals surface area contributed by atoms with Gasteiger partial charge in [-0.3, -0.25) is 0 Å². The first-order valence-electron chi connectivity index (χ1n) is 6.67. The van der Waals surface area contributed by atoms with Gasteiger partial charge in [0.1, 0.15) is 0 Å². The van der Waals surface area contributed by atoms with E-state index in [0.717, 1.165) is 5.92 Å². The van der Waals surface area contributed by atoms with E-state index in [2.05, 4.69) is 24.3 Å². The summed E-state index contributed by atoms with van der Waals surface area (Å²) in [6.07, 6.45) is 9.81. The topological polar surface area (TPSA) is 26.0 Å². The van der Waals surface area contributed by atoms with Crippen LogP contribution in [0.15, 0.2) is 24.3 Å². The summed E-state index contributed by atoms with van der Waals surface area (Å²) in [7, 11) is 0. The van der Waals surface area contributed by atoms with Gasteiger partial charge in [0.15, 0.2) is 0 Å². The van der Waals surface area contributed by atoms with Crippen molar-refractivity contribution in [2.45, 2.75) is 51.5 Å². The molecule has 0 unspecified atom stereocenters. The van der Waals surface area contributed by atoms with Crippen LogP contribution in [0.3, 0.4) is 0 Å². The molecule has 1 heteroatoms. The van der Waals surface area contributed by atoms with Gasteiger partial charge in [-0.1, -0.05) is 62.8 Å². The predicted octanol–water partition coefficient (Wildman–Crippen LogP) is 3.66. The van der Waals surface area contributed by atoms with Crippen LogP contribution in [-0.2, 0) is 13.0 Å². The fraction of sp³-hybridized carbons (Fsp3) is 0.600. The van der Waals surface area contributed by atoms with Gasteiger partial charge in [0.05, 0.1) is 0 Å². The molecule has 0 saturated heterocycles. The number of hydrogen-bond donors (Lipinski definition) is 1. The van der Waals surface area contributed by atoms with E-state index < -0.39 is 0 Å². The average molecular weight is 217 g/mol. The zero-order valence-electron chi connectivity index (χ0n) is 10.1. The second kappa shape index (κ2) is 6.05. The van der Waals surface area contributed by atoms with Crippen molar-refractivity contribution in [2.24, 2.45) is 11.7 Å². The monoisotopic (exact) mass is 217 g/mol. The molecule has 1 nitrogen and oxygen atoms in total. The Morgan fingerprint density at radius 2 is 1.56 bits per heavy atom. The average Bonchev–Trinajstić information content (AvgIpc) is 2.58. The first-order valence-corrected chi connectivity index (χ1v) is 6.67. The van der Waals surface area contributed by atoms with E-state index in [-0.39, 0.29) is 0 Å². The minimum atomic E-state index is 0.683. The maximum atomic E-state index is 5.79. The fourth-order valence-electron chi connectivity index (χ4n) is 2.83. The number of hydrogen-bond acceptors (Lipinski definition) is 1. The van der Waals surface area contributed by atoms with Gasteiger partial charge in [-0.25, -0.2) is 0 Å². The van der Waals surface area contributed by atoms with Gasteiger partial charge in [0.2, 0.25) is 0 Å². The number of nitrogens with two attached hydrogens (primary N) is 1. The molecule has 0 bridgehead atoms. The molecule has 88 valence electrons. The zero-order valence-corrected chi connectivity index (χ0v) is 10.1. The van der Waals surface area contributed by atoms with E-state index in [4.69, 9.17) is 5.73 Å². The lowest BCUT2D eigenvalue weighted by Gasteiger charge is -2.16. The normalized spacial score (nSPS) is 18.3. The maximum absolute atomic E-state index is 5.79. The summed E-state index contributed by atoms with van der Waals surface area (Å²) < 4.78 is 0. The minimum absolute atomic E-state index is 0.683. The standard InChI is InChI=1S/C15H23N/c16-12-15-10-6-5-9-14(15)11-13-7-3-1-2-4-8-13/h5-6,9-10,13H,1-4,7-8,11-12,16H2. The third-order valence-electron chi connectivity index (χ3n) is 3.82. The molecular weight excluding hydrogens is 194 g/mol. The fourth-order valence-corrected chi connectivity index (χ4v) is 2.83. The Bertz CT molecular complexity index is 311. The third kappa shape index (κ3) is 3.08. The second-order valence-electron chi connectivity index (χ2n) is 5.03.